The molecule has 0 radical (unpaired) electrons. The van der Waals surface area contributed by atoms with E-state index in [-0.39, 0.29) is 0 Å². The average molecular weight is 193 g/mol. The fourth-order valence-corrected chi connectivity index (χ4v) is 0.441. The molecule has 14 heavy (non-hydrogen) atoms. The Morgan fingerprint density at radius 3 is 1.43 bits per heavy atom. The summed E-state index contributed by atoms with van der Waals surface area (Å²) in [5, 5.41) is 0. The van der Waals surface area contributed by atoms with Gasteiger partial charge in [-0.15, -0.1) is 0 Å². The van der Waals surface area contributed by atoms with Crippen molar-refractivity contribution in [2.45, 2.75) is 13.8 Å². The zero-order valence-electron chi connectivity index (χ0n) is 8.80. The van der Waals surface area contributed by atoms with Crippen molar-refractivity contribution in [3.05, 3.63) is 55.1 Å². The number of aromatic nitrogens is 1. The maximum atomic E-state index is 4.93. The van der Waals surface area contributed by atoms with E-state index in [0.29, 0.717) is 0 Å². The van der Waals surface area contributed by atoms with Gasteiger partial charge in [-0.25, -0.2) is 0 Å². The molecule has 0 bridgehead atoms. The smallest absolute Gasteiger partial charge is 0.0267 e. The number of rotatable bonds is 1. The first kappa shape index (κ1) is 14.7. The van der Waals surface area contributed by atoms with Crippen molar-refractivity contribution < 1.29 is 0 Å². The van der Waals surface area contributed by atoms with E-state index in [1.165, 1.54) is 12.4 Å². The number of nitrogens with two attached hydrogens (primary N) is 2. The number of pyridine rings is 1. The molecular weight excluding hydrogens is 174 g/mol. The Labute approximate surface area is 86.2 Å². The first-order valence-electron chi connectivity index (χ1n) is 4.52. The monoisotopic (exact) mass is 193 g/mol. The second-order valence-corrected chi connectivity index (χ2v) is 1.79. The second-order valence-electron chi connectivity index (χ2n) is 1.79. The van der Waals surface area contributed by atoms with Gasteiger partial charge in [0.2, 0.25) is 0 Å². The molecule has 0 unspecified atom stereocenters. The Kier molecular flexibility index (Phi) is 18.3. The van der Waals surface area contributed by atoms with Gasteiger partial charge in [0, 0.05) is 12.4 Å². The van der Waals surface area contributed by atoms with Crippen molar-refractivity contribution in [1.29, 1.82) is 0 Å². The molecule has 0 aliphatic rings. The average Bonchev–Trinajstić information content (AvgIpc) is 2.32. The maximum Gasteiger partial charge on any atom is 0.0267 e. The predicted octanol–water partition coefficient (Wildman–Crippen LogP) is 2.04. The van der Waals surface area contributed by atoms with E-state index >= 15 is 0 Å². The van der Waals surface area contributed by atoms with Crippen LogP contribution in [-0.4, -0.2) is 4.98 Å². The van der Waals surface area contributed by atoms with Crippen molar-refractivity contribution in [2.75, 3.05) is 0 Å². The minimum absolute atomic E-state index is 1.42. The first-order valence-corrected chi connectivity index (χ1v) is 4.52. The van der Waals surface area contributed by atoms with Gasteiger partial charge in [0.05, 0.1) is 0 Å². The van der Waals surface area contributed by atoms with Crippen LogP contribution >= 0.6 is 0 Å². The molecule has 0 fully saturated rings. The summed E-state index contributed by atoms with van der Waals surface area (Å²) in [5.41, 5.74) is 9.85. The molecule has 0 amide bonds. The van der Waals surface area contributed by atoms with Gasteiger partial charge >= 0.3 is 0 Å². The summed E-state index contributed by atoms with van der Waals surface area (Å²) in [6.07, 6.45) is 9.65. The Morgan fingerprint density at radius 1 is 0.857 bits per heavy atom. The number of allylic oxidation sites excluding steroid dienone is 2. The van der Waals surface area contributed by atoms with E-state index in [4.69, 9.17) is 11.5 Å². The Hall–Kier alpha value is -1.77. The zero-order chi connectivity index (χ0) is 11.1. The molecule has 1 rings (SSSR count). The standard InChI is InChI=1S/C5H5N.C4H8N2.C2H6/c1-2-4-6-5-3-1;5-3-1-2-4-6;1-2/h1-5H;1-4H,5-6H2;1-2H3/b;3-1-,4-2-;. The highest BCUT2D eigenvalue weighted by molar-refractivity contribution is 4.97. The quantitative estimate of drug-likeness (QED) is 0.671. The third-order valence-corrected chi connectivity index (χ3v) is 0.900. The summed E-state index contributed by atoms with van der Waals surface area (Å²) < 4.78 is 0. The molecule has 1 aromatic rings. The fourth-order valence-electron chi connectivity index (χ4n) is 0.441. The van der Waals surface area contributed by atoms with Crippen LogP contribution in [0.2, 0.25) is 0 Å². The molecule has 0 saturated heterocycles. The van der Waals surface area contributed by atoms with Crippen molar-refractivity contribution in [2.24, 2.45) is 11.5 Å². The summed E-state index contributed by atoms with van der Waals surface area (Å²) in [5.74, 6) is 0. The summed E-state index contributed by atoms with van der Waals surface area (Å²) in [6.45, 7) is 4.00. The lowest BCUT2D eigenvalue weighted by Gasteiger charge is -1.70. The Morgan fingerprint density at radius 2 is 1.29 bits per heavy atom. The SMILES string of the molecule is CC.N/C=C\C=C/N.c1ccncc1. The summed E-state index contributed by atoms with van der Waals surface area (Å²) in [4.78, 5) is 3.78. The van der Waals surface area contributed by atoms with Gasteiger partial charge in [-0.05, 0) is 36.7 Å². The van der Waals surface area contributed by atoms with Crippen LogP contribution in [0.25, 0.3) is 0 Å². The molecule has 0 atom stereocenters. The lowest BCUT2D eigenvalue weighted by molar-refractivity contribution is 1.33. The van der Waals surface area contributed by atoms with Crippen LogP contribution in [-0.2, 0) is 0 Å². The maximum absolute atomic E-state index is 4.93. The lowest BCUT2D eigenvalue weighted by Crippen LogP contribution is -1.75. The molecule has 0 spiro atoms. The molecule has 1 aromatic heterocycles. The minimum atomic E-state index is 1.42. The van der Waals surface area contributed by atoms with Gasteiger partial charge in [0.15, 0.2) is 0 Å². The van der Waals surface area contributed by atoms with Crippen LogP contribution in [0.1, 0.15) is 13.8 Å². The van der Waals surface area contributed by atoms with Crippen LogP contribution in [0.5, 0.6) is 0 Å². The third-order valence-electron chi connectivity index (χ3n) is 0.900. The van der Waals surface area contributed by atoms with Gasteiger partial charge in [-0.1, -0.05) is 19.9 Å². The van der Waals surface area contributed by atoms with Crippen LogP contribution in [0, 0.1) is 0 Å². The number of nitrogens with zero attached hydrogens (tertiary/aromatic N) is 1. The van der Waals surface area contributed by atoms with E-state index in [1.807, 2.05) is 32.0 Å². The van der Waals surface area contributed by atoms with Crippen molar-refractivity contribution in [3.63, 3.8) is 0 Å². The Balaban J connectivity index is 0. The molecule has 3 nitrogen and oxygen atoms in total. The third kappa shape index (κ3) is 16.7. The normalized spacial score (nSPS) is 8.71. The van der Waals surface area contributed by atoms with Crippen molar-refractivity contribution in [1.82, 2.24) is 4.98 Å². The highest BCUT2D eigenvalue weighted by Gasteiger charge is 1.58. The second kappa shape index (κ2) is 17.4. The van der Waals surface area contributed by atoms with E-state index in [9.17, 15) is 0 Å². The van der Waals surface area contributed by atoms with Gasteiger partial charge < -0.3 is 11.5 Å². The number of hydrogen-bond donors (Lipinski definition) is 2. The van der Waals surface area contributed by atoms with E-state index in [0.717, 1.165) is 0 Å². The van der Waals surface area contributed by atoms with Crippen LogP contribution in [0.15, 0.2) is 55.1 Å². The fraction of sp³-hybridized carbons (Fsp3) is 0.182. The topological polar surface area (TPSA) is 64.9 Å². The molecule has 0 aliphatic carbocycles. The van der Waals surface area contributed by atoms with E-state index < -0.39 is 0 Å². The van der Waals surface area contributed by atoms with Crippen LogP contribution < -0.4 is 11.5 Å². The molecule has 0 aromatic carbocycles. The van der Waals surface area contributed by atoms with Gasteiger partial charge in [0.25, 0.3) is 0 Å². The summed E-state index contributed by atoms with van der Waals surface area (Å²) in [6, 6.07) is 5.72. The molecule has 1 heterocycles. The molecule has 0 aliphatic heterocycles. The molecular formula is C11H19N3. The predicted molar refractivity (Wildman–Crippen MR) is 62.2 cm³/mol. The molecule has 4 N–H and O–H groups in total. The van der Waals surface area contributed by atoms with Crippen LogP contribution in [0.3, 0.4) is 0 Å². The summed E-state index contributed by atoms with van der Waals surface area (Å²) >= 11 is 0. The highest BCUT2D eigenvalue weighted by Crippen LogP contribution is 1.73. The van der Waals surface area contributed by atoms with Crippen molar-refractivity contribution >= 4 is 0 Å². The highest BCUT2D eigenvalue weighted by atomic mass is 14.6. The molecule has 0 saturated carbocycles. The van der Waals surface area contributed by atoms with Gasteiger partial charge in [-0.2, -0.15) is 0 Å². The van der Waals surface area contributed by atoms with E-state index in [1.54, 1.807) is 24.5 Å². The molecule has 3 heteroatoms. The lowest BCUT2D eigenvalue weighted by atomic mass is 10.5. The van der Waals surface area contributed by atoms with E-state index in [2.05, 4.69) is 4.98 Å². The van der Waals surface area contributed by atoms with Crippen molar-refractivity contribution in [3.8, 4) is 0 Å². The van der Waals surface area contributed by atoms with Gasteiger partial charge in [0.1, 0.15) is 0 Å². The first-order chi connectivity index (χ1) is 6.91. The Bertz CT molecular complexity index is 181. The zero-order valence-corrected chi connectivity index (χ0v) is 8.80. The minimum Gasteiger partial charge on any atom is -0.405 e. The largest absolute Gasteiger partial charge is 0.405 e. The molecule has 78 valence electrons. The number of hydrogen-bond acceptors (Lipinski definition) is 3. The van der Waals surface area contributed by atoms with Gasteiger partial charge in [-0.3, -0.25) is 4.98 Å². The van der Waals surface area contributed by atoms with Crippen LogP contribution in [0.4, 0.5) is 0 Å². The summed E-state index contributed by atoms with van der Waals surface area (Å²) in [7, 11) is 0.